The van der Waals surface area contributed by atoms with Crippen molar-refractivity contribution in [2.75, 3.05) is 20.2 Å². The number of carbonyl (C=O) groups excluding carboxylic acids is 3. The molecule has 3 aromatic heterocycles. The number of likely N-dealkylation sites (tertiary alicyclic amines) is 2. The first-order chi connectivity index (χ1) is 27.9. The van der Waals surface area contributed by atoms with Crippen LogP contribution in [0.2, 0.25) is 0 Å². The molecule has 15 heteroatoms. The van der Waals surface area contributed by atoms with Crippen LogP contribution in [0.15, 0.2) is 65.2 Å². The van der Waals surface area contributed by atoms with Crippen molar-refractivity contribution in [2.45, 2.75) is 77.5 Å². The molecule has 2 aliphatic rings. The number of imidazole rings is 2. The van der Waals surface area contributed by atoms with E-state index in [1.165, 1.54) is 7.11 Å². The molecule has 2 aliphatic heterocycles. The lowest BCUT2D eigenvalue weighted by molar-refractivity contribution is -0.136. The quantitative estimate of drug-likeness (QED) is 0.0932. The lowest BCUT2D eigenvalue weighted by atomic mass is 10.0. The summed E-state index contributed by atoms with van der Waals surface area (Å²) in [7, 11) is 1.29. The highest BCUT2D eigenvalue weighted by molar-refractivity contribution is 6.07. The van der Waals surface area contributed by atoms with Crippen LogP contribution in [-0.4, -0.2) is 91.1 Å². The first-order valence-electron chi connectivity index (χ1n) is 19.9. The zero-order valence-corrected chi connectivity index (χ0v) is 33.2. The summed E-state index contributed by atoms with van der Waals surface area (Å²) in [4.78, 5) is 70.5. The third-order valence-corrected chi connectivity index (χ3v) is 11.5. The highest BCUT2D eigenvalue weighted by atomic mass is 16.5. The Hall–Kier alpha value is -6.38. The molecule has 0 bridgehead atoms. The molecule has 6 aromatic rings. The van der Waals surface area contributed by atoms with E-state index >= 15 is 0 Å². The minimum Gasteiger partial charge on any atom is -0.465 e. The third-order valence-electron chi connectivity index (χ3n) is 11.5. The van der Waals surface area contributed by atoms with E-state index in [9.17, 15) is 24.3 Å². The molecule has 5 N–H and O–H groups in total. The van der Waals surface area contributed by atoms with E-state index in [0.717, 1.165) is 81.0 Å². The molecule has 4 unspecified atom stereocenters. The summed E-state index contributed by atoms with van der Waals surface area (Å²) in [5.74, 6) is 0.664. The zero-order valence-electron chi connectivity index (χ0n) is 33.2. The maximum absolute atomic E-state index is 13.7. The van der Waals surface area contributed by atoms with Gasteiger partial charge in [-0.15, -0.1) is 0 Å². The lowest BCUT2D eigenvalue weighted by Crippen LogP contribution is -2.51. The summed E-state index contributed by atoms with van der Waals surface area (Å²) in [6, 6.07) is 16.2. The Kier molecular flexibility index (Phi) is 10.3. The van der Waals surface area contributed by atoms with Gasteiger partial charge in [0.15, 0.2) is 0 Å². The van der Waals surface area contributed by atoms with Crippen LogP contribution in [0, 0.1) is 11.8 Å². The summed E-state index contributed by atoms with van der Waals surface area (Å²) in [6.45, 7) is 8.56. The normalized spacial score (nSPS) is 18.1. The number of alkyl carbamates (subject to hydrolysis) is 1. The number of methoxy groups -OCH3 is 1. The number of ether oxygens (including phenoxy) is 1. The maximum Gasteiger partial charge on any atom is 0.407 e. The van der Waals surface area contributed by atoms with Gasteiger partial charge in [0.25, 0.3) is 0 Å². The minimum absolute atomic E-state index is 0.120. The number of nitrogens with one attached hydrogen (secondary N) is 4. The molecule has 0 radical (unpaired) electrons. The van der Waals surface area contributed by atoms with Crippen molar-refractivity contribution in [1.29, 1.82) is 0 Å². The van der Waals surface area contributed by atoms with Gasteiger partial charge in [-0.05, 0) is 85.0 Å². The van der Waals surface area contributed by atoms with Gasteiger partial charge in [-0.25, -0.2) is 19.6 Å². The first kappa shape index (κ1) is 38.5. The van der Waals surface area contributed by atoms with Gasteiger partial charge in [0.2, 0.25) is 11.8 Å². The maximum atomic E-state index is 13.7. The number of amides is 4. The molecular weight excluding hydrogens is 741 g/mol. The Morgan fingerprint density at radius 2 is 1.34 bits per heavy atom. The second-order valence-corrected chi connectivity index (χ2v) is 16.0. The average Bonchev–Trinajstić information content (AvgIpc) is 4.05. The van der Waals surface area contributed by atoms with E-state index in [2.05, 4.69) is 43.8 Å². The predicted molar refractivity (Wildman–Crippen MR) is 218 cm³/mol. The monoisotopic (exact) mass is 788 g/mol. The van der Waals surface area contributed by atoms with Crippen molar-refractivity contribution in [2.24, 2.45) is 11.8 Å². The SMILES string of the molecule is COC(=O)NC(C(=O)N1CCCC1c1nc2ccc(-c3ccc4c(c3)oc3cc(-c5cnc(C6CCCN6C(=O)C(NC(=O)O)C(C)C)[nH]5)ccc34)cc2[nH]1)C(C)C. The van der Waals surface area contributed by atoms with Crippen molar-refractivity contribution >= 4 is 57.0 Å². The number of nitrogens with zero attached hydrogens (tertiary/aromatic N) is 4. The molecule has 302 valence electrons. The Balaban J connectivity index is 1.01. The Morgan fingerprint density at radius 3 is 1.97 bits per heavy atom. The van der Waals surface area contributed by atoms with E-state index in [4.69, 9.17) is 14.1 Å². The van der Waals surface area contributed by atoms with Crippen LogP contribution in [0.4, 0.5) is 9.59 Å². The van der Waals surface area contributed by atoms with E-state index in [1.54, 1.807) is 11.1 Å². The molecule has 2 fully saturated rings. The fraction of sp³-hybridized carbons (Fsp3) is 0.395. The molecule has 0 aliphatic carbocycles. The number of carbonyl (C=O) groups is 4. The van der Waals surface area contributed by atoms with Crippen LogP contribution in [0.25, 0.3) is 55.4 Å². The fourth-order valence-electron chi connectivity index (χ4n) is 8.48. The van der Waals surface area contributed by atoms with Crippen LogP contribution < -0.4 is 10.6 Å². The molecule has 8 rings (SSSR count). The molecule has 3 aromatic carbocycles. The predicted octanol–water partition coefficient (Wildman–Crippen LogP) is 7.52. The summed E-state index contributed by atoms with van der Waals surface area (Å²) in [6.07, 6.45) is 3.03. The van der Waals surface area contributed by atoms with Crippen molar-refractivity contribution in [3.8, 4) is 22.4 Å². The molecule has 0 spiro atoms. The van der Waals surface area contributed by atoms with Crippen LogP contribution in [0.5, 0.6) is 0 Å². The highest BCUT2D eigenvalue weighted by Gasteiger charge is 2.39. The highest BCUT2D eigenvalue weighted by Crippen LogP contribution is 2.38. The molecule has 0 saturated carbocycles. The summed E-state index contributed by atoms with van der Waals surface area (Å²) in [5.41, 5.74) is 6.76. The molecule has 4 atom stereocenters. The van der Waals surface area contributed by atoms with Gasteiger partial charge >= 0.3 is 12.2 Å². The number of H-pyrrole nitrogens is 2. The Bertz CT molecular complexity index is 2540. The van der Waals surface area contributed by atoms with Crippen molar-refractivity contribution in [3.05, 3.63) is 72.4 Å². The number of rotatable bonds is 10. The molecule has 4 amide bonds. The molecular formula is C43H48N8O7. The Morgan fingerprint density at radius 1 is 0.776 bits per heavy atom. The number of aromatic nitrogens is 4. The number of hydrogen-bond acceptors (Lipinski definition) is 8. The minimum atomic E-state index is -1.22. The van der Waals surface area contributed by atoms with Gasteiger partial charge in [-0.2, -0.15) is 0 Å². The number of fused-ring (bicyclic) bond motifs is 4. The van der Waals surface area contributed by atoms with Crippen LogP contribution >= 0.6 is 0 Å². The topological polar surface area (TPSA) is 199 Å². The number of aromatic amines is 2. The second-order valence-electron chi connectivity index (χ2n) is 16.0. The lowest BCUT2D eigenvalue weighted by Gasteiger charge is -2.29. The second kappa shape index (κ2) is 15.5. The largest absolute Gasteiger partial charge is 0.465 e. The zero-order chi connectivity index (χ0) is 40.8. The van der Waals surface area contributed by atoms with Gasteiger partial charge in [-0.3, -0.25) is 9.59 Å². The van der Waals surface area contributed by atoms with Crippen molar-refractivity contribution < 1.29 is 33.4 Å². The average molecular weight is 789 g/mol. The van der Waals surface area contributed by atoms with Gasteiger partial charge in [0.05, 0.1) is 42.1 Å². The van der Waals surface area contributed by atoms with E-state index < -0.39 is 24.3 Å². The third kappa shape index (κ3) is 7.20. The smallest absolute Gasteiger partial charge is 0.407 e. The summed E-state index contributed by atoms with van der Waals surface area (Å²) >= 11 is 0. The first-order valence-corrected chi connectivity index (χ1v) is 19.9. The van der Waals surface area contributed by atoms with E-state index in [1.807, 2.05) is 69.0 Å². The molecule has 15 nitrogen and oxygen atoms in total. The van der Waals surface area contributed by atoms with Gasteiger partial charge in [0.1, 0.15) is 34.9 Å². The Labute approximate surface area is 334 Å². The molecule has 58 heavy (non-hydrogen) atoms. The number of benzene rings is 3. The van der Waals surface area contributed by atoms with E-state index in [-0.39, 0.29) is 35.7 Å². The van der Waals surface area contributed by atoms with Crippen LogP contribution in [0.3, 0.4) is 0 Å². The van der Waals surface area contributed by atoms with Crippen molar-refractivity contribution in [3.63, 3.8) is 0 Å². The van der Waals surface area contributed by atoms with Crippen LogP contribution in [-0.2, 0) is 14.3 Å². The number of furan rings is 1. The summed E-state index contributed by atoms with van der Waals surface area (Å²) in [5, 5.41) is 16.4. The van der Waals surface area contributed by atoms with Crippen molar-refractivity contribution in [1.82, 2.24) is 40.4 Å². The van der Waals surface area contributed by atoms with Gasteiger partial charge < -0.3 is 44.7 Å². The van der Waals surface area contributed by atoms with E-state index in [0.29, 0.717) is 24.7 Å². The fourth-order valence-corrected chi connectivity index (χ4v) is 8.48. The van der Waals surface area contributed by atoms with Gasteiger partial charge in [0, 0.05) is 29.4 Å². The van der Waals surface area contributed by atoms with Crippen LogP contribution in [0.1, 0.15) is 77.1 Å². The summed E-state index contributed by atoms with van der Waals surface area (Å²) < 4.78 is 11.2. The van der Waals surface area contributed by atoms with Gasteiger partial charge in [-0.1, -0.05) is 45.9 Å². The number of hydrogen-bond donors (Lipinski definition) is 5. The number of carboxylic acid groups (broad SMARTS) is 1. The molecule has 5 heterocycles. The standard InChI is InChI=1S/C43H48N8O7/c1-22(2)36(48-42(54)55)40(52)50-16-6-8-32(50)38-44-21-31(47-38)26-11-14-28-27-13-10-25(19-34(27)58-35(28)20-26)24-12-15-29-30(18-24)46-39(45-29)33-9-7-17-51(33)41(53)37(23(3)4)49-43(56)57-5/h10-15,18-23,32-33,36-37,48H,6-9,16-17H2,1-5H3,(H,44,47)(H,45,46)(H,49,56)(H,54,55). The molecule has 2 saturated heterocycles.